The Kier molecular flexibility index (Phi) is 5.92. The third kappa shape index (κ3) is 4.52. The first-order valence-corrected chi connectivity index (χ1v) is 11.2. The van der Waals surface area contributed by atoms with Crippen molar-refractivity contribution in [3.05, 3.63) is 106 Å². The molecular weight excluding hydrogens is 480 g/mol. The van der Waals surface area contributed by atoms with Crippen LogP contribution in [-0.2, 0) is 7.05 Å². The average molecular weight is 501 g/mol. The van der Waals surface area contributed by atoms with Crippen LogP contribution in [0.2, 0.25) is 0 Å². The zero-order chi connectivity index (χ0) is 26.3. The molecule has 0 aliphatic rings. The number of ether oxygens (including phenoxy) is 1. The molecule has 1 amide bonds. The van der Waals surface area contributed by atoms with Crippen molar-refractivity contribution >= 4 is 28.2 Å². The van der Waals surface area contributed by atoms with Gasteiger partial charge in [0.25, 0.3) is 11.5 Å². The van der Waals surface area contributed by atoms with Crippen LogP contribution in [0.5, 0.6) is 11.5 Å². The van der Waals surface area contributed by atoms with Crippen LogP contribution in [0.4, 0.5) is 20.2 Å². The zero-order valence-corrected chi connectivity index (χ0v) is 19.8. The summed E-state index contributed by atoms with van der Waals surface area (Å²) in [7, 11) is 1.78. The van der Waals surface area contributed by atoms with Crippen LogP contribution in [0.15, 0.2) is 77.7 Å². The largest absolute Gasteiger partial charge is 0.452 e. The number of rotatable bonds is 5. The van der Waals surface area contributed by atoms with E-state index in [2.05, 4.69) is 10.4 Å². The van der Waals surface area contributed by atoms with E-state index in [1.54, 1.807) is 43.0 Å². The smallest absolute Gasteiger partial charge is 0.268 e. The topological polar surface area (TPSA) is 104 Å². The van der Waals surface area contributed by atoms with E-state index in [0.717, 1.165) is 17.0 Å². The zero-order valence-electron chi connectivity index (χ0n) is 19.8. The van der Waals surface area contributed by atoms with Crippen LogP contribution in [0.3, 0.4) is 0 Å². The quantitative estimate of drug-likeness (QED) is 0.332. The van der Waals surface area contributed by atoms with Crippen molar-refractivity contribution in [2.75, 3.05) is 11.1 Å². The highest BCUT2D eigenvalue weighted by molar-refractivity contribution is 6.04. The predicted molar refractivity (Wildman–Crippen MR) is 136 cm³/mol. The van der Waals surface area contributed by atoms with Crippen LogP contribution in [0.1, 0.15) is 16.1 Å². The number of halogens is 2. The molecule has 0 bridgehead atoms. The first-order valence-electron chi connectivity index (χ1n) is 11.2. The van der Waals surface area contributed by atoms with Gasteiger partial charge in [0, 0.05) is 35.6 Å². The van der Waals surface area contributed by atoms with Gasteiger partial charge in [0.15, 0.2) is 17.3 Å². The molecule has 2 heterocycles. The molecule has 0 unspecified atom stereocenters. The summed E-state index contributed by atoms with van der Waals surface area (Å²) in [6.45, 7) is 1.69. The molecule has 5 rings (SSSR count). The van der Waals surface area contributed by atoms with Gasteiger partial charge in [-0.3, -0.25) is 18.8 Å². The van der Waals surface area contributed by atoms with Gasteiger partial charge in [0.2, 0.25) is 0 Å². The van der Waals surface area contributed by atoms with Crippen molar-refractivity contribution in [2.24, 2.45) is 7.05 Å². The number of nitrogens with two attached hydrogens (primary N) is 1. The number of nitrogens with zero attached hydrogens (tertiary/aromatic N) is 3. The summed E-state index contributed by atoms with van der Waals surface area (Å²) < 4.78 is 36.8. The van der Waals surface area contributed by atoms with Crippen LogP contribution >= 0.6 is 0 Å². The fourth-order valence-corrected chi connectivity index (χ4v) is 3.98. The van der Waals surface area contributed by atoms with Crippen molar-refractivity contribution < 1.29 is 18.3 Å². The summed E-state index contributed by atoms with van der Waals surface area (Å²) >= 11 is 0. The van der Waals surface area contributed by atoms with E-state index in [0.29, 0.717) is 17.1 Å². The van der Waals surface area contributed by atoms with Gasteiger partial charge >= 0.3 is 0 Å². The number of fused-ring (bicyclic) bond motifs is 1. The molecule has 5 aromatic rings. The number of amides is 1. The van der Waals surface area contributed by atoms with Crippen LogP contribution in [-0.4, -0.2) is 20.3 Å². The standard InChI is InChI=1S/C27H21F2N5O3/c1-15-3-9-20(27(36)34(15)19-7-4-17(28)5-8-19)26(35)32-18-6-10-24(21(29)12-18)37-25-11-16-14-31-33(2)23(16)13-22(25)30/h3-14H,30H2,1-2H3,(H,32,35). The van der Waals surface area contributed by atoms with E-state index >= 15 is 0 Å². The number of benzene rings is 3. The summed E-state index contributed by atoms with van der Waals surface area (Å²) in [5, 5.41) is 7.47. The molecule has 37 heavy (non-hydrogen) atoms. The minimum absolute atomic E-state index is 0.0954. The van der Waals surface area contributed by atoms with Crippen LogP contribution < -0.4 is 21.3 Å². The van der Waals surface area contributed by atoms with Crippen molar-refractivity contribution in [1.82, 2.24) is 14.3 Å². The molecule has 0 radical (unpaired) electrons. The third-order valence-corrected chi connectivity index (χ3v) is 5.89. The summed E-state index contributed by atoms with van der Waals surface area (Å²) in [5.74, 6) is -1.74. The van der Waals surface area contributed by atoms with Gasteiger partial charge in [-0.15, -0.1) is 0 Å². The van der Waals surface area contributed by atoms with Gasteiger partial charge in [0.05, 0.1) is 17.4 Å². The molecule has 0 spiro atoms. The number of aromatic nitrogens is 3. The molecule has 3 aromatic carbocycles. The average Bonchev–Trinajstić information content (AvgIpc) is 3.21. The second kappa shape index (κ2) is 9.23. The van der Waals surface area contributed by atoms with Gasteiger partial charge in [-0.25, -0.2) is 8.78 Å². The molecule has 8 nitrogen and oxygen atoms in total. The number of pyridine rings is 1. The number of anilines is 2. The Morgan fingerprint density at radius 1 is 1.00 bits per heavy atom. The summed E-state index contributed by atoms with van der Waals surface area (Å²) in [6.07, 6.45) is 1.64. The minimum atomic E-state index is -0.740. The molecule has 0 aliphatic heterocycles. The molecule has 0 fully saturated rings. The lowest BCUT2D eigenvalue weighted by atomic mass is 10.2. The van der Waals surface area contributed by atoms with Crippen molar-refractivity contribution in [2.45, 2.75) is 6.92 Å². The van der Waals surface area contributed by atoms with Gasteiger partial charge < -0.3 is 15.8 Å². The SMILES string of the molecule is Cc1ccc(C(=O)Nc2ccc(Oc3cc4cnn(C)c4cc3N)c(F)c2)c(=O)n1-c1ccc(F)cc1. The lowest BCUT2D eigenvalue weighted by Crippen LogP contribution is -2.29. The highest BCUT2D eigenvalue weighted by Gasteiger charge is 2.17. The number of carbonyl (C=O) groups is 1. The lowest BCUT2D eigenvalue weighted by molar-refractivity contribution is 0.102. The monoisotopic (exact) mass is 501 g/mol. The lowest BCUT2D eigenvalue weighted by Gasteiger charge is -2.13. The summed E-state index contributed by atoms with van der Waals surface area (Å²) in [4.78, 5) is 25.9. The van der Waals surface area contributed by atoms with E-state index in [4.69, 9.17) is 10.5 Å². The Morgan fingerprint density at radius 2 is 1.76 bits per heavy atom. The van der Waals surface area contributed by atoms with Gasteiger partial charge in [-0.05, 0) is 67.6 Å². The fourth-order valence-electron chi connectivity index (χ4n) is 3.98. The first kappa shape index (κ1) is 23.7. The molecular formula is C27H21F2N5O3. The molecule has 0 aliphatic carbocycles. The number of hydrogen-bond donors (Lipinski definition) is 2. The number of nitrogen functional groups attached to an aromatic ring is 1. The van der Waals surface area contributed by atoms with E-state index in [9.17, 15) is 18.4 Å². The maximum Gasteiger partial charge on any atom is 0.268 e. The molecule has 10 heteroatoms. The van der Waals surface area contributed by atoms with E-state index in [-0.39, 0.29) is 22.7 Å². The minimum Gasteiger partial charge on any atom is -0.452 e. The number of nitrogens with one attached hydrogen (secondary N) is 1. The number of carbonyl (C=O) groups excluding carboxylic acids is 1. The van der Waals surface area contributed by atoms with Gasteiger partial charge in [-0.1, -0.05) is 0 Å². The summed E-state index contributed by atoms with van der Waals surface area (Å²) in [6, 6.07) is 15.5. The molecule has 0 saturated heterocycles. The Labute approximate surface area is 209 Å². The third-order valence-electron chi connectivity index (χ3n) is 5.89. The normalized spacial score (nSPS) is 11.0. The van der Waals surface area contributed by atoms with E-state index in [1.165, 1.54) is 47.0 Å². The molecule has 186 valence electrons. The van der Waals surface area contributed by atoms with E-state index < -0.39 is 23.1 Å². The highest BCUT2D eigenvalue weighted by atomic mass is 19.1. The number of aryl methyl sites for hydroxylation is 2. The predicted octanol–water partition coefficient (Wildman–Crippen LogP) is 4.94. The van der Waals surface area contributed by atoms with E-state index in [1.807, 2.05) is 0 Å². The number of hydrogen-bond acceptors (Lipinski definition) is 5. The Bertz CT molecular complexity index is 1730. The fraction of sp³-hybridized carbons (Fsp3) is 0.0741. The van der Waals surface area contributed by atoms with Crippen LogP contribution in [0.25, 0.3) is 16.6 Å². The molecule has 2 aromatic heterocycles. The van der Waals surface area contributed by atoms with Crippen molar-refractivity contribution in [3.63, 3.8) is 0 Å². The second-order valence-electron chi connectivity index (χ2n) is 8.42. The van der Waals surface area contributed by atoms with Crippen molar-refractivity contribution in [1.29, 1.82) is 0 Å². The highest BCUT2D eigenvalue weighted by Crippen LogP contribution is 2.33. The van der Waals surface area contributed by atoms with Gasteiger partial charge in [-0.2, -0.15) is 5.10 Å². The second-order valence-corrected chi connectivity index (χ2v) is 8.42. The Balaban J connectivity index is 1.38. The first-order chi connectivity index (χ1) is 17.7. The maximum absolute atomic E-state index is 14.9. The molecule has 3 N–H and O–H groups in total. The van der Waals surface area contributed by atoms with Crippen LogP contribution in [0, 0.1) is 18.6 Å². The van der Waals surface area contributed by atoms with Crippen molar-refractivity contribution in [3.8, 4) is 17.2 Å². The Hall–Kier alpha value is -4.99. The Morgan fingerprint density at radius 3 is 2.49 bits per heavy atom. The molecule has 0 saturated carbocycles. The molecule has 0 atom stereocenters. The summed E-state index contributed by atoms with van der Waals surface area (Å²) in [5.41, 5.74) is 7.52. The maximum atomic E-state index is 14.9. The van der Waals surface area contributed by atoms with Gasteiger partial charge in [0.1, 0.15) is 11.4 Å².